The van der Waals surface area contributed by atoms with Gasteiger partial charge in [-0.2, -0.15) is 0 Å². The molecule has 16 heteroatoms. The molecule has 9 N–H and O–H groups in total. The molecule has 0 aromatic heterocycles. The van der Waals surface area contributed by atoms with Gasteiger partial charge in [-0.1, -0.05) is 6.07 Å². The number of aliphatic hydroxyl groups excluding tert-OH is 6. The van der Waals surface area contributed by atoms with E-state index in [0.717, 1.165) is 7.11 Å². The van der Waals surface area contributed by atoms with Crippen LogP contribution in [-0.4, -0.2) is 152 Å². The molecule has 13 unspecified atom stereocenters. The summed E-state index contributed by atoms with van der Waals surface area (Å²) in [5.41, 5.74) is 0.583. The summed E-state index contributed by atoms with van der Waals surface area (Å²) < 4.78 is 39.1. The minimum Gasteiger partial charge on any atom is -0.504 e. The first-order valence-electron chi connectivity index (χ1n) is 13.0. The van der Waals surface area contributed by atoms with Crippen molar-refractivity contribution in [3.05, 3.63) is 23.8 Å². The maximum absolute atomic E-state index is 11.0. The fourth-order valence-electron chi connectivity index (χ4n) is 4.81. The molecular formula is C25H38O16. The summed E-state index contributed by atoms with van der Waals surface area (Å²) in [6.07, 6.45) is -17.8. The van der Waals surface area contributed by atoms with Crippen LogP contribution in [0.5, 0.6) is 11.5 Å². The largest absolute Gasteiger partial charge is 0.504 e. The number of methoxy groups -OCH3 is 1. The molecule has 16 nitrogen and oxygen atoms in total. The first kappa shape index (κ1) is 32.2. The summed E-state index contributed by atoms with van der Waals surface area (Å²) in [5, 5.41) is 92.0. The number of phenolic OH excluding ortho intramolecular Hbond substituents is 2. The third-order valence-corrected chi connectivity index (χ3v) is 7.43. The van der Waals surface area contributed by atoms with Crippen LogP contribution in [0.4, 0.5) is 0 Å². The van der Waals surface area contributed by atoms with Crippen molar-refractivity contribution in [3.63, 3.8) is 0 Å². The van der Waals surface area contributed by atoms with E-state index in [1.54, 1.807) is 6.07 Å². The molecular weight excluding hydrogens is 556 g/mol. The standard InChI is InChI=1S/C25H38O16/c1-10-15(29)17(31)18(32)22(38-10)40-19-16(30)14(8-26)39-23(36-6-5-11-3-4-12(27)13(28)7-11)20(19)41-24-21(33)25(34,35-2)9-37-24/h3-4,7,10,14-24,26-34H,5-6,8-9H2,1-2H3. The molecule has 41 heavy (non-hydrogen) atoms. The van der Waals surface area contributed by atoms with Crippen molar-refractivity contribution in [2.75, 3.05) is 26.9 Å². The predicted molar refractivity (Wildman–Crippen MR) is 131 cm³/mol. The number of hydrogen-bond donors (Lipinski definition) is 9. The van der Waals surface area contributed by atoms with Gasteiger partial charge < -0.3 is 79.1 Å². The van der Waals surface area contributed by atoms with Crippen LogP contribution in [0.2, 0.25) is 0 Å². The minimum atomic E-state index is -2.11. The number of benzene rings is 1. The van der Waals surface area contributed by atoms with Gasteiger partial charge in [-0.05, 0) is 31.0 Å². The second-order valence-corrected chi connectivity index (χ2v) is 10.2. The lowest BCUT2D eigenvalue weighted by atomic mass is 9.97. The second-order valence-electron chi connectivity index (χ2n) is 10.2. The van der Waals surface area contributed by atoms with Gasteiger partial charge in [0.05, 0.1) is 19.3 Å². The molecule has 3 fully saturated rings. The number of aromatic hydroxyl groups is 2. The van der Waals surface area contributed by atoms with Gasteiger partial charge in [0, 0.05) is 7.11 Å². The number of ether oxygens (including phenoxy) is 7. The van der Waals surface area contributed by atoms with Crippen molar-refractivity contribution in [2.45, 2.75) is 92.9 Å². The lowest BCUT2D eigenvalue weighted by Gasteiger charge is -2.47. The Hall–Kier alpha value is -1.74. The van der Waals surface area contributed by atoms with Crippen LogP contribution in [0.3, 0.4) is 0 Å². The number of hydrogen-bond acceptors (Lipinski definition) is 16. The SMILES string of the molecule is COC1(O)COC(OC2C(OCCc3ccc(O)c(O)c3)OC(CO)C(O)C2OC2OC(C)C(O)C(O)C2O)C1O. The molecule has 0 radical (unpaired) electrons. The van der Waals surface area contributed by atoms with Gasteiger partial charge in [-0.25, -0.2) is 0 Å². The van der Waals surface area contributed by atoms with Crippen molar-refractivity contribution < 1.29 is 79.1 Å². The maximum atomic E-state index is 11.0. The molecule has 0 spiro atoms. The van der Waals surface area contributed by atoms with E-state index in [2.05, 4.69) is 0 Å². The van der Waals surface area contributed by atoms with E-state index < -0.39 is 92.8 Å². The quantitative estimate of drug-likeness (QED) is 0.0937. The molecule has 4 rings (SSSR count). The summed E-state index contributed by atoms with van der Waals surface area (Å²) in [6, 6.07) is 4.18. The summed E-state index contributed by atoms with van der Waals surface area (Å²) in [5.74, 6) is -2.75. The molecule has 0 bridgehead atoms. The fourth-order valence-corrected chi connectivity index (χ4v) is 4.81. The van der Waals surface area contributed by atoms with Crippen molar-refractivity contribution in [3.8, 4) is 11.5 Å². The lowest BCUT2D eigenvalue weighted by Crippen LogP contribution is -2.65. The highest BCUT2D eigenvalue weighted by Crippen LogP contribution is 2.35. The third kappa shape index (κ3) is 6.76. The van der Waals surface area contributed by atoms with Gasteiger partial charge >= 0.3 is 0 Å². The highest BCUT2D eigenvalue weighted by molar-refractivity contribution is 5.40. The van der Waals surface area contributed by atoms with Gasteiger partial charge in [-0.3, -0.25) is 0 Å². The van der Waals surface area contributed by atoms with Crippen LogP contribution in [0.25, 0.3) is 0 Å². The minimum absolute atomic E-state index is 0.0731. The van der Waals surface area contributed by atoms with Crippen LogP contribution < -0.4 is 0 Å². The number of rotatable bonds is 10. The molecule has 3 aliphatic heterocycles. The zero-order valence-electron chi connectivity index (χ0n) is 22.4. The Kier molecular flexibility index (Phi) is 10.4. The number of aliphatic hydroxyl groups is 7. The van der Waals surface area contributed by atoms with Crippen LogP contribution in [0.1, 0.15) is 12.5 Å². The molecule has 3 saturated heterocycles. The van der Waals surface area contributed by atoms with E-state index >= 15 is 0 Å². The molecule has 1 aromatic carbocycles. The Morgan fingerprint density at radius 3 is 2.22 bits per heavy atom. The average Bonchev–Trinajstić information content (AvgIpc) is 3.24. The summed E-state index contributed by atoms with van der Waals surface area (Å²) in [4.78, 5) is 0. The van der Waals surface area contributed by atoms with Crippen LogP contribution in [0.15, 0.2) is 18.2 Å². The van der Waals surface area contributed by atoms with Gasteiger partial charge in [0.25, 0.3) is 0 Å². The molecule has 0 saturated carbocycles. The monoisotopic (exact) mass is 594 g/mol. The van der Waals surface area contributed by atoms with Crippen LogP contribution in [-0.2, 0) is 39.6 Å². The smallest absolute Gasteiger partial charge is 0.221 e. The first-order valence-corrected chi connectivity index (χ1v) is 13.0. The first-order chi connectivity index (χ1) is 19.4. The van der Waals surface area contributed by atoms with Crippen molar-refractivity contribution in [2.24, 2.45) is 0 Å². The van der Waals surface area contributed by atoms with Gasteiger partial charge in [0.2, 0.25) is 5.79 Å². The van der Waals surface area contributed by atoms with E-state index in [-0.39, 0.29) is 24.5 Å². The Balaban J connectivity index is 1.57. The van der Waals surface area contributed by atoms with Crippen LogP contribution >= 0.6 is 0 Å². The average molecular weight is 595 g/mol. The summed E-state index contributed by atoms with van der Waals surface area (Å²) in [7, 11) is 1.15. The van der Waals surface area contributed by atoms with Crippen molar-refractivity contribution in [1.82, 2.24) is 0 Å². The van der Waals surface area contributed by atoms with E-state index in [4.69, 9.17) is 33.2 Å². The Morgan fingerprint density at radius 1 is 0.878 bits per heavy atom. The molecule has 13 atom stereocenters. The molecule has 1 aromatic rings. The molecule has 3 aliphatic rings. The zero-order chi connectivity index (χ0) is 30.1. The topological polar surface area (TPSA) is 247 Å². The van der Waals surface area contributed by atoms with Crippen molar-refractivity contribution in [1.29, 1.82) is 0 Å². The molecule has 0 amide bonds. The molecule has 3 heterocycles. The fraction of sp³-hybridized carbons (Fsp3) is 0.760. The zero-order valence-corrected chi connectivity index (χ0v) is 22.4. The predicted octanol–water partition coefficient (Wildman–Crippen LogP) is -3.61. The summed E-state index contributed by atoms with van der Waals surface area (Å²) in [6.45, 7) is 0.189. The Bertz CT molecular complexity index is 998. The van der Waals surface area contributed by atoms with Crippen molar-refractivity contribution >= 4 is 0 Å². The molecule has 0 aliphatic carbocycles. The highest BCUT2D eigenvalue weighted by Gasteiger charge is 2.55. The second kappa shape index (κ2) is 13.3. The van der Waals surface area contributed by atoms with Crippen LogP contribution in [0, 0.1) is 0 Å². The van der Waals surface area contributed by atoms with Gasteiger partial charge in [-0.15, -0.1) is 0 Å². The van der Waals surface area contributed by atoms with E-state index in [1.807, 2.05) is 0 Å². The van der Waals surface area contributed by atoms with E-state index in [9.17, 15) is 46.0 Å². The number of phenols is 2. The van der Waals surface area contributed by atoms with E-state index in [1.165, 1.54) is 19.1 Å². The maximum Gasteiger partial charge on any atom is 0.221 e. The Labute approximate surface area is 234 Å². The highest BCUT2D eigenvalue weighted by atomic mass is 16.8. The lowest BCUT2D eigenvalue weighted by molar-refractivity contribution is -0.375. The normalized spacial score (nSPS) is 43.3. The molecule has 234 valence electrons. The van der Waals surface area contributed by atoms with E-state index in [0.29, 0.717) is 5.56 Å². The van der Waals surface area contributed by atoms with Gasteiger partial charge in [0.15, 0.2) is 36.5 Å². The summed E-state index contributed by atoms with van der Waals surface area (Å²) >= 11 is 0. The van der Waals surface area contributed by atoms with Gasteiger partial charge in [0.1, 0.15) is 49.3 Å². The Morgan fingerprint density at radius 2 is 1.59 bits per heavy atom. The third-order valence-electron chi connectivity index (χ3n) is 7.43.